The molecule has 3 nitrogen and oxygen atoms in total. The maximum Gasteiger partial charge on any atom is 0.0574 e. The summed E-state index contributed by atoms with van der Waals surface area (Å²) in [6.45, 7) is 6.17. The number of aliphatic hydroxyl groups is 1. The fourth-order valence-corrected chi connectivity index (χ4v) is 3.08. The first-order valence-electron chi connectivity index (χ1n) is 8.48. The third kappa shape index (κ3) is 4.05. The number of aliphatic hydroxyl groups excluding tert-OH is 1. The molecular weight excluding hydrogens is 284 g/mol. The Morgan fingerprint density at radius 1 is 1.00 bits per heavy atom. The van der Waals surface area contributed by atoms with Gasteiger partial charge >= 0.3 is 0 Å². The van der Waals surface area contributed by atoms with E-state index in [9.17, 15) is 5.11 Å². The molecule has 0 bridgehead atoms. The molecule has 23 heavy (non-hydrogen) atoms. The zero-order valence-corrected chi connectivity index (χ0v) is 14.0. The number of anilines is 2. The van der Waals surface area contributed by atoms with Gasteiger partial charge in [-0.15, -0.1) is 0 Å². The predicted octanol–water partition coefficient (Wildman–Crippen LogP) is 4.13. The Labute approximate surface area is 139 Å². The SMILES string of the molecule is Cc1ccc(NC(C)c2ccc(N3CCC(O)CC3)cc2)cc1. The molecule has 1 heterocycles. The smallest absolute Gasteiger partial charge is 0.0574 e. The third-order valence-corrected chi connectivity index (χ3v) is 4.66. The van der Waals surface area contributed by atoms with Gasteiger partial charge in [-0.2, -0.15) is 0 Å². The molecule has 1 aliphatic rings. The lowest BCUT2D eigenvalue weighted by Crippen LogP contribution is -2.35. The molecule has 1 unspecified atom stereocenters. The van der Waals surface area contributed by atoms with Crippen LogP contribution in [0.25, 0.3) is 0 Å². The molecule has 1 fully saturated rings. The summed E-state index contributed by atoms with van der Waals surface area (Å²) in [5.41, 5.74) is 4.96. The van der Waals surface area contributed by atoms with Crippen molar-refractivity contribution < 1.29 is 5.11 Å². The second-order valence-electron chi connectivity index (χ2n) is 6.54. The van der Waals surface area contributed by atoms with Crippen LogP contribution in [0.5, 0.6) is 0 Å². The van der Waals surface area contributed by atoms with Gasteiger partial charge in [0.1, 0.15) is 0 Å². The summed E-state index contributed by atoms with van der Waals surface area (Å²) in [5, 5.41) is 13.2. The molecule has 1 atom stereocenters. The monoisotopic (exact) mass is 310 g/mol. The van der Waals surface area contributed by atoms with Crippen LogP contribution in [0, 0.1) is 6.92 Å². The molecule has 1 saturated heterocycles. The van der Waals surface area contributed by atoms with Crippen molar-refractivity contribution in [2.75, 3.05) is 23.3 Å². The Morgan fingerprint density at radius 2 is 1.61 bits per heavy atom. The molecule has 0 spiro atoms. The van der Waals surface area contributed by atoms with E-state index in [0.29, 0.717) is 0 Å². The maximum absolute atomic E-state index is 9.61. The van der Waals surface area contributed by atoms with Gasteiger partial charge in [-0.3, -0.25) is 0 Å². The lowest BCUT2D eigenvalue weighted by Gasteiger charge is -2.31. The van der Waals surface area contributed by atoms with Crippen LogP contribution in [0.2, 0.25) is 0 Å². The van der Waals surface area contributed by atoms with Crippen LogP contribution in [-0.2, 0) is 0 Å². The van der Waals surface area contributed by atoms with E-state index >= 15 is 0 Å². The average Bonchev–Trinajstić information content (AvgIpc) is 2.58. The van der Waals surface area contributed by atoms with Crippen LogP contribution in [0.15, 0.2) is 48.5 Å². The lowest BCUT2D eigenvalue weighted by atomic mass is 10.0. The van der Waals surface area contributed by atoms with Crippen molar-refractivity contribution in [2.45, 2.75) is 38.8 Å². The summed E-state index contributed by atoms with van der Waals surface area (Å²) >= 11 is 0. The van der Waals surface area contributed by atoms with Crippen molar-refractivity contribution in [3.8, 4) is 0 Å². The summed E-state index contributed by atoms with van der Waals surface area (Å²) in [6, 6.07) is 17.6. The summed E-state index contributed by atoms with van der Waals surface area (Å²) < 4.78 is 0. The first kappa shape index (κ1) is 15.9. The Kier molecular flexibility index (Phi) is 4.87. The van der Waals surface area contributed by atoms with Gasteiger partial charge in [-0.05, 0) is 56.5 Å². The second-order valence-corrected chi connectivity index (χ2v) is 6.54. The van der Waals surface area contributed by atoms with E-state index in [4.69, 9.17) is 0 Å². The van der Waals surface area contributed by atoms with E-state index in [1.165, 1.54) is 16.8 Å². The van der Waals surface area contributed by atoms with Gasteiger partial charge in [-0.25, -0.2) is 0 Å². The van der Waals surface area contributed by atoms with Gasteiger partial charge < -0.3 is 15.3 Å². The Bertz CT molecular complexity index is 613. The van der Waals surface area contributed by atoms with Crippen molar-refractivity contribution in [3.63, 3.8) is 0 Å². The van der Waals surface area contributed by atoms with Crippen molar-refractivity contribution in [1.82, 2.24) is 0 Å². The van der Waals surface area contributed by atoms with Crippen LogP contribution in [0.1, 0.15) is 36.9 Å². The highest BCUT2D eigenvalue weighted by Crippen LogP contribution is 2.24. The van der Waals surface area contributed by atoms with E-state index in [1.807, 2.05) is 0 Å². The highest BCUT2D eigenvalue weighted by molar-refractivity contribution is 5.50. The van der Waals surface area contributed by atoms with Crippen LogP contribution in [-0.4, -0.2) is 24.3 Å². The number of piperidine rings is 1. The molecule has 2 N–H and O–H groups in total. The minimum absolute atomic E-state index is 0.121. The predicted molar refractivity (Wildman–Crippen MR) is 97.1 cm³/mol. The van der Waals surface area contributed by atoms with Crippen molar-refractivity contribution >= 4 is 11.4 Å². The van der Waals surface area contributed by atoms with Crippen molar-refractivity contribution in [3.05, 3.63) is 59.7 Å². The van der Waals surface area contributed by atoms with Gasteiger partial charge in [0.25, 0.3) is 0 Å². The number of rotatable bonds is 4. The summed E-state index contributed by atoms with van der Waals surface area (Å²) in [7, 11) is 0. The average molecular weight is 310 g/mol. The van der Waals surface area contributed by atoms with Crippen LogP contribution < -0.4 is 10.2 Å². The number of nitrogens with zero attached hydrogens (tertiary/aromatic N) is 1. The highest BCUT2D eigenvalue weighted by Gasteiger charge is 2.17. The van der Waals surface area contributed by atoms with Crippen LogP contribution in [0.4, 0.5) is 11.4 Å². The zero-order valence-electron chi connectivity index (χ0n) is 14.0. The van der Waals surface area contributed by atoms with E-state index in [2.05, 4.69) is 72.6 Å². The largest absolute Gasteiger partial charge is 0.393 e. The van der Waals surface area contributed by atoms with E-state index < -0.39 is 0 Å². The fraction of sp³-hybridized carbons (Fsp3) is 0.400. The fourth-order valence-electron chi connectivity index (χ4n) is 3.08. The molecule has 0 aliphatic carbocycles. The Morgan fingerprint density at radius 3 is 2.22 bits per heavy atom. The quantitative estimate of drug-likeness (QED) is 0.891. The topological polar surface area (TPSA) is 35.5 Å². The summed E-state index contributed by atoms with van der Waals surface area (Å²) in [6.07, 6.45) is 1.62. The van der Waals surface area contributed by atoms with Gasteiger partial charge in [0, 0.05) is 30.5 Å². The van der Waals surface area contributed by atoms with Gasteiger partial charge in [-0.1, -0.05) is 29.8 Å². The number of hydrogen-bond acceptors (Lipinski definition) is 3. The maximum atomic E-state index is 9.61. The first-order chi connectivity index (χ1) is 11.1. The molecule has 0 saturated carbocycles. The molecule has 3 rings (SSSR count). The molecule has 0 aromatic heterocycles. The summed E-state index contributed by atoms with van der Waals surface area (Å²) in [5.74, 6) is 0. The Balaban J connectivity index is 1.63. The second kappa shape index (κ2) is 7.05. The number of nitrogens with one attached hydrogen (secondary N) is 1. The van der Waals surface area contributed by atoms with Crippen LogP contribution >= 0.6 is 0 Å². The van der Waals surface area contributed by atoms with Crippen molar-refractivity contribution in [2.24, 2.45) is 0 Å². The number of hydrogen-bond donors (Lipinski definition) is 2. The molecule has 0 radical (unpaired) electrons. The standard InChI is InChI=1S/C20H26N2O/c1-15-3-7-18(8-4-15)21-16(2)17-5-9-19(10-6-17)22-13-11-20(23)12-14-22/h3-10,16,20-21,23H,11-14H2,1-2H3. The molecule has 122 valence electrons. The minimum atomic E-state index is -0.121. The third-order valence-electron chi connectivity index (χ3n) is 4.66. The van der Waals surface area contributed by atoms with E-state index in [1.54, 1.807) is 0 Å². The summed E-state index contributed by atoms with van der Waals surface area (Å²) in [4.78, 5) is 2.36. The highest BCUT2D eigenvalue weighted by atomic mass is 16.3. The number of aryl methyl sites for hydroxylation is 1. The molecule has 3 heteroatoms. The molecule has 0 amide bonds. The normalized spacial score (nSPS) is 17.1. The zero-order chi connectivity index (χ0) is 16.2. The minimum Gasteiger partial charge on any atom is -0.393 e. The van der Waals surface area contributed by atoms with E-state index in [0.717, 1.165) is 31.6 Å². The first-order valence-corrected chi connectivity index (χ1v) is 8.48. The van der Waals surface area contributed by atoms with Crippen molar-refractivity contribution in [1.29, 1.82) is 0 Å². The Hall–Kier alpha value is -2.00. The molecule has 2 aromatic carbocycles. The number of benzene rings is 2. The van der Waals surface area contributed by atoms with Crippen LogP contribution in [0.3, 0.4) is 0 Å². The lowest BCUT2D eigenvalue weighted by molar-refractivity contribution is 0.145. The van der Waals surface area contributed by atoms with E-state index in [-0.39, 0.29) is 12.1 Å². The van der Waals surface area contributed by atoms with Gasteiger partial charge in [0.2, 0.25) is 0 Å². The molecule has 2 aromatic rings. The molecule has 1 aliphatic heterocycles. The van der Waals surface area contributed by atoms with Gasteiger partial charge in [0.15, 0.2) is 0 Å². The molecular formula is C20H26N2O. The van der Waals surface area contributed by atoms with Gasteiger partial charge in [0.05, 0.1) is 6.10 Å².